The Morgan fingerprint density at radius 2 is 1.90 bits per heavy atom. The molecule has 0 spiro atoms. The molecule has 2 rings (SSSR count). The van der Waals surface area contributed by atoms with Gasteiger partial charge in [0.2, 0.25) is 5.95 Å². The van der Waals surface area contributed by atoms with Crippen LogP contribution in [0.2, 0.25) is 0 Å². The van der Waals surface area contributed by atoms with Gasteiger partial charge in [-0.3, -0.25) is 0 Å². The van der Waals surface area contributed by atoms with E-state index >= 15 is 0 Å². The fraction of sp³-hybridized carbons (Fsp3) is 0.375. The molecule has 1 unspecified atom stereocenters. The van der Waals surface area contributed by atoms with Crippen molar-refractivity contribution in [3.63, 3.8) is 0 Å². The van der Waals surface area contributed by atoms with Crippen molar-refractivity contribution in [1.82, 2.24) is 9.97 Å². The zero-order valence-corrected chi connectivity index (χ0v) is 12.1. The van der Waals surface area contributed by atoms with Gasteiger partial charge >= 0.3 is 0 Å². The average molecular weight is 270 g/mol. The Labute approximate surface area is 120 Å². The second kappa shape index (κ2) is 7.48. The molecule has 0 aliphatic carbocycles. The van der Waals surface area contributed by atoms with Crippen LogP contribution in [0.5, 0.6) is 0 Å². The van der Waals surface area contributed by atoms with Crippen LogP contribution < -0.4 is 10.6 Å². The van der Waals surface area contributed by atoms with Gasteiger partial charge in [-0.05, 0) is 30.9 Å². The number of benzene rings is 1. The van der Waals surface area contributed by atoms with Crippen molar-refractivity contribution in [1.29, 1.82) is 0 Å². The molecule has 2 N–H and O–H groups in total. The number of hydrogen-bond donors (Lipinski definition) is 2. The standard InChI is InChI=1S/C16H22N4/c1-3-17-16-19-12-10-15(20-16)18-11-9-13(2)14-7-5-4-6-8-14/h4-8,10,12-13H,3,9,11H2,1-2H3,(H2,17,18,19,20). The average Bonchev–Trinajstić information content (AvgIpc) is 2.49. The summed E-state index contributed by atoms with van der Waals surface area (Å²) in [6.07, 6.45) is 2.85. The van der Waals surface area contributed by atoms with Crippen LogP contribution in [0.25, 0.3) is 0 Å². The summed E-state index contributed by atoms with van der Waals surface area (Å²) in [5.74, 6) is 2.09. The highest BCUT2D eigenvalue weighted by Gasteiger charge is 2.04. The third-order valence-electron chi connectivity index (χ3n) is 3.24. The highest BCUT2D eigenvalue weighted by atomic mass is 15.1. The first-order valence-corrected chi connectivity index (χ1v) is 7.15. The topological polar surface area (TPSA) is 49.8 Å². The Morgan fingerprint density at radius 1 is 1.10 bits per heavy atom. The van der Waals surface area contributed by atoms with Crippen molar-refractivity contribution in [2.45, 2.75) is 26.2 Å². The number of hydrogen-bond acceptors (Lipinski definition) is 4. The van der Waals surface area contributed by atoms with Gasteiger partial charge in [0, 0.05) is 19.3 Å². The summed E-state index contributed by atoms with van der Waals surface area (Å²) in [4.78, 5) is 8.56. The maximum Gasteiger partial charge on any atom is 0.224 e. The number of nitrogens with zero attached hydrogens (tertiary/aromatic N) is 2. The van der Waals surface area contributed by atoms with Gasteiger partial charge in [-0.2, -0.15) is 4.98 Å². The summed E-state index contributed by atoms with van der Waals surface area (Å²) in [5, 5.41) is 6.46. The second-order valence-electron chi connectivity index (χ2n) is 4.82. The normalized spacial score (nSPS) is 11.9. The molecule has 0 saturated carbocycles. The van der Waals surface area contributed by atoms with Crippen LogP contribution in [0.15, 0.2) is 42.6 Å². The zero-order chi connectivity index (χ0) is 14.2. The largest absolute Gasteiger partial charge is 0.370 e. The van der Waals surface area contributed by atoms with Crippen LogP contribution in [-0.2, 0) is 0 Å². The lowest BCUT2D eigenvalue weighted by Gasteiger charge is -2.13. The number of aromatic nitrogens is 2. The molecule has 0 bridgehead atoms. The van der Waals surface area contributed by atoms with Crippen LogP contribution in [-0.4, -0.2) is 23.1 Å². The minimum atomic E-state index is 0.541. The van der Waals surface area contributed by atoms with E-state index < -0.39 is 0 Å². The van der Waals surface area contributed by atoms with E-state index in [9.17, 15) is 0 Å². The first-order chi connectivity index (χ1) is 9.79. The molecule has 0 aliphatic heterocycles. The maximum absolute atomic E-state index is 4.40. The van der Waals surface area contributed by atoms with Gasteiger partial charge in [0.25, 0.3) is 0 Å². The fourth-order valence-electron chi connectivity index (χ4n) is 2.07. The number of nitrogens with one attached hydrogen (secondary N) is 2. The first kappa shape index (κ1) is 14.3. The summed E-state index contributed by atoms with van der Waals surface area (Å²) in [7, 11) is 0. The molecule has 0 amide bonds. The van der Waals surface area contributed by atoms with Crippen molar-refractivity contribution in [3.8, 4) is 0 Å². The molecule has 1 aromatic carbocycles. The van der Waals surface area contributed by atoms with Gasteiger partial charge < -0.3 is 10.6 Å². The van der Waals surface area contributed by atoms with Gasteiger partial charge in [-0.15, -0.1) is 0 Å². The minimum absolute atomic E-state index is 0.541. The van der Waals surface area contributed by atoms with E-state index in [0.717, 1.165) is 25.3 Å². The molecule has 0 saturated heterocycles. The lowest BCUT2D eigenvalue weighted by Crippen LogP contribution is -2.09. The summed E-state index contributed by atoms with van der Waals surface area (Å²) in [6.45, 7) is 6.01. The summed E-state index contributed by atoms with van der Waals surface area (Å²) < 4.78 is 0. The van der Waals surface area contributed by atoms with Gasteiger partial charge in [0.1, 0.15) is 5.82 Å². The van der Waals surface area contributed by atoms with Crippen LogP contribution in [0.1, 0.15) is 31.7 Å². The van der Waals surface area contributed by atoms with Gasteiger partial charge in [0.15, 0.2) is 0 Å². The summed E-state index contributed by atoms with van der Waals surface area (Å²) >= 11 is 0. The molecule has 4 heteroatoms. The van der Waals surface area contributed by atoms with E-state index in [1.54, 1.807) is 6.20 Å². The van der Waals surface area contributed by atoms with Crippen molar-refractivity contribution in [2.75, 3.05) is 23.7 Å². The zero-order valence-electron chi connectivity index (χ0n) is 12.1. The SMILES string of the molecule is CCNc1nccc(NCCC(C)c2ccccc2)n1. The third kappa shape index (κ3) is 4.23. The highest BCUT2D eigenvalue weighted by molar-refractivity contribution is 5.39. The first-order valence-electron chi connectivity index (χ1n) is 7.15. The molecule has 0 radical (unpaired) electrons. The predicted molar refractivity (Wildman–Crippen MR) is 84.2 cm³/mol. The van der Waals surface area contributed by atoms with Crippen molar-refractivity contribution in [2.24, 2.45) is 0 Å². The number of anilines is 2. The molecule has 4 nitrogen and oxygen atoms in total. The van der Waals surface area contributed by atoms with Gasteiger partial charge in [0.05, 0.1) is 0 Å². The smallest absolute Gasteiger partial charge is 0.224 e. The van der Waals surface area contributed by atoms with Gasteiger partial charge in [-0.25, -0.2) is 4.98 Å². The molecule has 1 aromatic heterocycles. The van der Waals surface area contributed by atoms with E-state index in [4.69, 9.17) is 0 Å². The maximum atomic E-state index is 4.40. The Bertz CT molecular complexity index is 513. The van der Waals surface area contributed by atoms with Crippen molar-refractivity contribution < 1.29 is 0 Å². The van der Waals surface area contributed by atoms with Crippen LogP contribution in [0, 0.1) is 0 Å². The Balaban J connectivity index is 1.82. The number of rotatable bonds is 7. The molecular formula is C16H22N4. The Morgan fingerprint density at radius 3 is 2.65 bits per heavy atom. The lowest BCUT2D eigenvalue weighted by molar-refractivity contribution is 0.705. The molecule has 20 heavy (non-hydrogen) atoms. The Kier molecular flexibility index (Phi) is 5.35. The molecule has 106 valence electrons. The second-order valence-corrected chi connectivity index (χ2v) is 4.82. The van der Waals surface area contributed by atoms with Crippen LogP contribution in [0.4, 0.5) is 11.8 Å². The molecule has 1 heterocycles. The van der Waals surface area contributed by atoms with E-state index in [2.05, 4.69) is 57.9 Å². The van der Waals surface area contributed by atoms with E-state index in [1.165, 1.54) is 5.56 Å². The lowest BCUT2D eigenvalue weighted by atomic mass is 9.98. The van der Waals surface area contributed by atoms with E-state index in [0.29, 0.717) is 11.9 Å². The highest BCUT2D eigenvalue weighted by Crippen LogP contribution is 2.18. The van der Waals surface area contributed by atoms with E-state index in [1.807, 2.05) is 13.0 Å². The molecule has 2 aromatic rings. The van der Waals surface area contributed by atoms with Crippen LogP contribution >= 0.6 is 0 Å². The minimum Gasteiger partial charge on any atom is -0.370 e. The van der Waals surface area contributed by atoms with E-state index in [-0.39, 0.29) is 0 Å². The van der Waals surface area contributed by atoms with Gasteiger partial charge in [-0.1, -0.05) is 37.3 Å². The fourth-order valence-corrected chi connectivity index (χ4v) is 2.07. The van der Waals surface area contributed by atoms with Crippen molar-refractivity contribution in [3.05, 3.63) is 48.2 Å². The third-order valence-corrected chi connectivity index (χ3v) is 3.24. The van der Waals surface area contributed by atoms with Crippen LogP contribution in [0.3, 0.4) is 0 Å². The quantitative estimate of drug-likeness (QED) is 0.808. The molecule has 0 aliphatic rings. The summed E-state index contributed by atoms with van der Waals surface area (Å²) in [5.41, 5.74) is 1.38. The predicted octanol–water partition coefficient (Wildman–Crippen LogP) is 3.51. The summed E-state index contributed by atoms with van der Waals surface area (Å²) in [6, 6.07) is 12.5. The molecular weight excluding hydrogens is 248 g/mol. The molecule has 0 fully saturated rings. The Hall–Kier alpha value is -2.10. The molecule has 1 atom stereocenters. The monoisotopic (exact) mass is 270 g/mol. The van der Waals surface area contributed by atoms with Crippen molar-refractivity contribution >= 4 is 11.8 Å².